The number of carboxylic acids is 1. The number of carbonyl (C=O) groups is 2. The minimum Gasteiger partial charge on any atom is -0.480 e. The standard InChI is InChI=1S/C14H19N3O3S/c1-3-10-5-4-6-15-11(10)7-16-14(20)17-9(2)21-8-12(17)13(18)19/h4-6,9,12H,3,7-8H2,1-2H3,(H,16,20)(H,18,19). The SMILES string of the molecule is CCc1cccnc1CNC(=O)N1C(C)SCC1C(=O)O. The molecule has 2 unspecified atom stereocenters. The molecule has 2 N–H and O–H groups in total. The number of aromatic nitrogens is 1. The second kappa shape index (κ2) is 6.80. The lowest BCUT2D eigenvalue weighted by atomic mass is 10.1. The molecule has 6 nitrogen and oxygen atoms in total. The molecule has 2 heterocycles. The molecule has 0 aliphatic carbocycles. The van der Waals surface area contributed by atoms with Gasteiger partial charge in [-0.15, -0.1) is 11.8 Å². The zero-order chi connectivity index (χ0) is 15.4. The van der Waals surface area contributed by atoms with Crippen molar-refractivity contribution in [2.75, 3.05) is 5.75 Å². The van der Waals surface area contributed by atoms with Crippen LogP contribution in [0.5, 0.6) is 0 Å². The molecule has 21 heavy (non-hydrogen) atoms. The lowest BCUT2D eigenvalue weighted by molar-refractivity contribution is -0.141. The molecule has 1 saturated heterocycles. The van der Waals surface area contributed by atoms with Gasteiger partial charge in [-0.25, -0.2) is 9.59 Å². The zero-order valence-corrected chi connectivity index (χ0v) is 12.9. The normalized spacial score (nSPS) is 21.3. The number of urea groups is 1. The summed E-state index contributed by atoms with van der Waals surface area (Å²) in [6, 6.07) is 2.72. The molecule has 0 saturated carbocycles. The third-order valence-corrected chi connectivity index (χ3v) is 4.73. The van der Waals surface area contributed by atoms with Crippen LogP contribution < -0.4 is 5.32 Å². The van der Waals surface area contributed by atoms with Gasteiger partial charge in [-0.3, -0.25) is 9.88 Å². The average Bonchev–Trinajstić information content (AvgIpc) is 2.87. The number of rotatable bonds is 4. The van der Waals surface area contributed by atoms with Gasteiger partial charge in [0.1, 0.15) is 6.04 Å². The first-order valence-electron chi connectivity index (χ1n) is 6.88. The molecule has 1 aliphatic heterocycles. The maximum absolute atomic E-state index is 12.3. The summed E-state index contributed by atoms with van der Waals surface area (Å²) in [5.41, 5.74) is 1.90. The molecule has 0 bridgehead atoms. The molecule has 1 fully saturated rings. The minimum absolute atomic E-state index is 0.138. The fourth-order valence-corrected chi connectivity index (χ4v) is 3.51. The highest BCUT2D eigenvalue weighted by Crippen LogP contribution is 2.28. The van der Waals surface area contributed by atoms with Crippen molar-refractivity contribution in [2.24, 2.45) is 0 Å². The molecule has 2 amide bonds. The molecule has 114 valence electrons. The lowest BCUT2D eigenvalue weighted by Gasteiger charge is -2.25. The van der Waals surface area contributed by atoms with Gasteiger partial charge in [-0.1, -0.05) is 13.0 Å². The van der Waals surface area contributed by atoms with Crippen molar-refractivity contribution in [1.82, 2.24) is 15.2 Å². The van der Waals surface area contributed by atoms with E-state index in [0.717, 1.165) is 17.7 Å². The Balaban J connectivity index is 2.02. The number of nitrogens with zero attached hydrogens (tertiary/aromatic N) is 2. The van der Waals surface area contributed by atoms with Crippen LogP contribution in [0.2, 0.25) is 0 Å². The molecular formula is C14H19N3O3S. The predicted octanol–water partition coefficient (Wildman–Crippen LogP) is 1.70. The van der Waals surface area contributed by atoms with Crippen LogP contribution in [0.1, 0.15) is 25.1 Å². The van der Waals surface area contributed by atoms with E-state index in [0.29, 0.717) is 12.3 Å². The lowest BCUT2D eigenvalue weighted by Crippen LogP contribution is -2.49. The van der Waals surface area contributed by atoms with E-state index < -0.39 is 12.0 Å². The van der Waals surface area contributed by atoms with Gasteiger partial charge in [0.2, 0.25) is 0 Å². The quantitative estimate of drug-likeness (QED) is 0.884. The molecule has 2 atom stereocenters. The summed E-state index contributed by atoms with van der Waals surface area (Å²) >= 11 is 1.47. The number of pyridine rings is 1. The molecule has 1 aromatic rings. The molecule has 0 spiro atoms. The van der Waals surface area contributed by atoms with Crippen LogP contribution in [0.15, 0.2) is 18.3 Å². The molecule has 1 aliphatic rings. The number of hydrogen-bond acceptors (Lipinski definition) is 4. The van der Waals surface area contributed by atoms with E-state index in [1.165, 1.54) is 16.7 Å². The third kappa shape index (κ3) is 3.47. The van der Waals surface area contributed by atoms with Crippen LogP contribution >= 0.6 is 11.8 Å². The van der Waals surface area contributed by atoms with Gasteiger partial charge in [0, 0.05) is 11.9 Å². The molecule has 7 heteroatoms. The van der Waals surface area contributed by atoms with E-state index in [1.807, 2.05) is 26.0 Å². The predicted molar refractivity (Wildman–Crippen MR) is 81.0 cm³/mol. The van der Waals surface area contributed by atoms with Crippen LogP contribution in [0, 0.1) is 0 Å². The van der Waals surface area contributed by atoms with E-state index in [-0.39, 0.29) is 11.4 Å². The third-order valence-electron chi connectivity index (χ3n) is 3.51. The largest absolute Gasteiger partial charge is 0.480 e. The Hall–Kier alpha value is -1.76. The van der Waals surface area contributed by atoms with Crippen molar-refractivity contribution in [1.29, 1.82) is 0 Å². The summed E-state index contributed by atoms with van der Waals surface area (Å²) in [4.78, 5) is 29.1. The summed E-state index contributed by atoms with van der Waals surface area (Å²) < 4.78 is 0. The van der Waals surface area contributed by atoms with E-state index in [2.05, 4.69) is 10.3 Å². The van der Waals surface area contributed by atoms with Gasteiger partial charge in [0.25, 0.3) is 0 Å². The number of aliphatic carboxylic acids is 1. The Morgan fingerprint density at radius 3 is 3.00 bits per heavy atom. The van der Waals surface area contributed by atoms with Crippen LogP contribution in [0.4, 0.5) is 4.79 Å². The number of hydrogen-bond donors (Lipinski definition) is 2. The van der Waals surface area contributed by atoms with Crippen LogP contribution in [-0.4, -0.2) is 44.2 Å². The monoisotopic (exact) mass is 309 g/mol. The first-order chi connectivity index (χ1) is 10.0. The summed E-state index contributed by atoms with van der Waals surface area (Å²) in [5, 5.41) is 11.8. The fourth-order valence-electron chi connectivity index (χ4n) is 2.34. The van der Waals surface area contributed by atoms with Crippen LogP contribution in [0.3, 0.4) is 0 Å². The molecule has 0 aromatic carbocycles. The Kier molecular flexibility index (Phi) is 5.06. The first-order valence-corrected chi connectivity index (χ1v) is 7.92. The molecule has 1 aromatic heterocycles. The van der Waals surface area contributed by atoms with E-state index in [1.54, 1.807) is 6.20 Å². The van der Waals surface area contributed by atoms with Crippen LogP contribution in [0.25, 0.3) is 0 Å². The van der Waals surface area contributed by atoms with Crippen molar-refractivity contribution in [3.8, 4) is 0 Å². The first kappa shape index (κ1) is 15.6. The zero-order valence-electron chi connectivity index (χ0n) is 12.1. The van der Waals surface area contributed by atoms with Crippen molar-refractivity contribution >= 4 is 23.8 Å². The van der Waals surface area contributed by atoms with E-state index in [9.17, 15) is 14.7 Å². The Morgan fingerprint density at radius 1 is 1.57 bits per heavy atom. The number of aryl methyl sites for hydroxylation is 1. The van der Waals surface area contributed by atoms with Crippen molar-refractivity contribution in [3.05, 3.63) is 29.6 Å². The van der Waals surface area contributed by atoms with Crippen LogP contribution in [-0.2, 0) is 17.8 Å². The number of carboxylic acid groups (broad SMARTS) is 1. The van der Waals surface area contributed by atoms with Crippen molar-refractivity contribution < 1.29 is 14.7 Å². The number of nitrogens with one attached hydrogen (secondary N) is 1. The summed E-state index contributed by atoms with van der Waals surface area (Å²) in [7, 11) is 0. The summed E-state index contributed by atoms with van der Waals surface area (Å²) in [6.45, 7) is 4.18. The van der Waals surface area contributed by atoms with Gasteiger partial charge in [-0.2, -0.15) is 0 Å². The van der Waals surface area contributed by atoms with E-state index in [4.69, 9.17) is 0 Å². The second-order valence-electron chi connectivity index (χ2n) is 4.82. The van der Waals surface area contributed by atoms with Gasteiger partial charge >= 0.3 is 12.0 Å². The van der Waals surface area contributed by atoms with Gasteiger partial charge in [-0.05, 0) is 25.0 Å². The fraction of sp³-hybridized carbons (Fsp3) is 0.500. The molecule has 0 radical (unpaired) electrons. The summed E-state index contributed by atoms with van der Waals surface area (Å²) in [6.07, 6.45) is 2.53. The molecular weight excluding hydrogens is 290 g/mol. The summed E-state index contributed by atoms with van der Waals surface area (Å²) in [5.74, 6) is -0.539. The smallest absolute Gasteiger partial charge is 0.327 e. The highest BCUT2D eigenvalue weighted by molar-refractivity contribution is 8.00. The molecule has 2 rings (SSSR count). The van der Waals surface area contributed by atoms with E-state index >= 15 is 0 Å². The highest BCUT2D eigenvalue weighted by Gasteiger charge is 2.39. The maximum atomic E-state index is 12.3. The number of thioether (sulfide) groups is 1. The second-order valence-corrected chi connectivity index (χ2v) is 6.16. The van der Waals surface area contributed by atoms with Crippen molar-refractivity contribution in [2.45, 2.75) is 38.2 Å². The topological polar surface area (TPSA) is 82.5 Å². The average molecular weight is 309 g/mol. The highest BCUT2D eigenvalue weighted by atomic mass is 32.2. The van der Waals surface area contributed by atoms with Crippen molar-refractivity contribution in [3.63, 3.8) is 0 Å². The van der Waals surface area contributed by atoms with Gasteiger partial charge in [0.05, 0.1) is 17.6 Å². The Bertz CT molecular complexity index is 538. The maximum Gasteiger partial charge on any atom is 0.327 e. The number of carbonyl (C=O) groups excluding carboxylic acids is 1. The van der Waals surface area contributed by atoms with Gasteiger partial charge < -0.3 is 10.4 Å². The number of amides is 2. The Labute approximate surface area is 127 Å². The Morgan fingerprint density at radius 2 is 2.33 bits per heavy atom. The minimum atomic E-state index is -0.964. The van der Waals surface area contributed by atoms with Gasteiger partial charge in [0.15, 0.2) is 0 Å².